The summed E-state index contributed by atoms with van der Waals surface area (Å²) in [5, 5.41) is 5.28. The van der Waals surface area contributed by atoms with Crippen LogP contribution in [-0.4, -0.2) is 43.6 Å². The average molecular weight is 349 g/mol. The van der Waals surface area contributed by atoms with Crippen LogP contribution in [-0.2, 0) is 17.8 Å². The molecule has 4 heterocycles. The Hall–Kier alpha value is -2.76. The molecule has 0 spiro atoms. The molecule has 0 bridgehead atoms. The van der Waals surface area contributed by atoms with Crippen molar-refractivity contribution in [3.63, 3.8) is 0 Å². The number of rotatable bonds is 4. The predicted molar refractivity (Wildman–Crippen MR) is 99.4 cm³/mol. The summed E-state index contributed by atoms with van der Waals surface area (Å²) >= 11 is 0. The molecular formula is C20H23N5O. The lowest BCUT2D eigenvalue weighted by molar-refractivity contribution is -0.132. The molecule has 134 valence electrons. The van der Waals surface area contributed by atoms with Crippen LogP contribution in [0.15, 0.2) is 49.2 Å². The maximum Gasteiger partial charge on any atom is 0.244 e. The van der Waals surface area contributed by atoms with E-state index in [0.717, 1.165) is 49.7 Å². The molecule has 1 amide bonds. The molecule has 6 heteroatoms. The topological polar surface area (TPSA) is 63.9 Å². The smallest absolute Gasteiger partial charge is 0.244 e. The number of carbonyl (C=O) groups excluding carboxylic acids is 1. The van der Waals surface area contributed by atoms with Crippen LogP contribution in [0.2, 0.25) is 0 Å². The fraction of sp³-hybridized carbons (Fsp3) is 0.400. The van der Waals surface area contributed by atoms with Crippen LogP contribution in [0, 0.1) is 5.92 Å². The lowest BCUT2D eigenvalue weighted by Gasteiger charge is -2.20. The molecule has 0 saturated carbocycles. The fourth-order valence-corrected chi connectivity index (χ4v) is 3.78. The van der Waals surface area contributed by atoms with E-state index >= 15 is 0 Å². The second-order valence-electron chi connectivity index (χ2n) is 6.95. The van der Waals surface area contributed by atoms with Crippen molar-refractivity contribution < 1.29 is 4.79 Å². The van der Waals surface area contributed by atoms with Gasteiger partial charge in [0.05, 0.1) is 5.52 Å². The summed E-state index contributed by atoms with van der Waals surface area (Å²) in [4.78, 5) is 23.2. The number of nitrogens with zero attached hydrogens (tertiary/aromatic N) is 5. The van der Waals surface area contributed by atoms with Crippen LogP contribution in [0.3, 0.4) is 0 Å². The Labute approximate surface area is 152 Å². The highest BCUT2D eigenvalue weighted by atomic mass is 16.2. The third-order valence-electron chi connectivity index (χ3n) is 5.20. The van der Waals surface area contributed by atoms with E-state index in [1.807, 2.05) is 35.6 Å². The summed E-state index contributed by atoms with van der Waals surface area (Å²) < 4.78 is 1.70. The summed E-state index contributed by atoms with van der Waals surface area (Å²) in [7, 11) is 0. The van der Waals surface area contributed by atoms with Gasteiger partial charge in [0.25, 0.3) is 0 Å². The van der Waals surface area contributed by atoms with Gasteiger partial charge in [0.15, 0.2) is 0 Å². The van der Waals surface area contributed by atoms with Gasteiger partial charge in [0.2, 0.25) is 5.91 Å². The minimum absolute atomic E-state index is 0.160. The number of aromatic nitrogens is 4. The predicted octanol–water partition coefficient (Wildman–Crippen LogP) is 2.70. The quantitative estimate of drug-likeness (QED) is 0.726. The van der Waals surface area contributed by atoms with Gasteiger partial charge in [-0.2, -0.15) is 5.10 Å². The van der Waals surface area contributed by atoms with Crippen molar-refractivity contribution in [3.05, 3.63) is 54.7 Å². The van der Waals surface area contributed by atoms with Crippen molar-refractivity contribution in [1.29, 1.82) is 0 Å². The van der Waals surface area contributed by atoms with Crippen LogP contribution >= 0.6 is 0 Å². The van der Waals surface area contributed by atoms with Gasteiger partial charge < -0.3 is 4.90 Å². The number of likely N-dealkylation sites (tertiary alicyclic amines) is 1. The zero-order valence-electron chi connectivity index (χ0n) is 14.8. The van der Waals surface area contributed by atoms with E-state index in [0.29, 0.717) is 12.5 Å². The van der Waals surface area contributed by atoms with Crippen LogP contribution < -0.4 is 0 Å². The van der Waals surface area contributed by atoms with Crippen LogP contribution in [0.4, 0.5) is 0 Å². The molecule has 0 aliphatic carbocycles. The maximum absolute atomic E-state index is 12.5. The molecule has 1 saturated heterocycles. The highest BCUT2D eigenvalue weighted by Gasteiger charge is 2.21. The molecule has 1 aliphatic heterocycles. The number of carbonyl (C=O) groups is 1. The standard InChI is InChI=1S/C20H23N5O/c26-20(15-25-11-2-7-23-25)24-10-1-3-16(6-12-24)13-17-4-9-22-19-5-8-21-14-18(17)19/h2,4-5,7-9,11,14,16H,1,3,6,10,12-13,15H2/t16-/m1/s1. The molecule has 0 radical (unpaired) electrons. The van der Waals surface area contributed by atoms with Gasteiger partial charge in [0.1, 0.15) is 6.54 Å². The molecule has 26 heavy (non-hydrogen) atoms. The Bertz CT molecular complexity index is 872. The third-order valence-corrected chi connectivity index (χ3v) is 5.20. The zero-order chi connectivity index (χ0) is 17.8. The monoisotopic (exact) mass is 349 g/mol. The molecule has 1 fully saturated rings. The summed E-state index contributed by atoms with van der Waals surface area (Å²) in [6, 6.07) is 5.91. The Morgan fingerprint density at radius 1 is 1.15 bits per heavy atom. The van der Waals surface area contributed by atoms with E-state index in [2.05, 4.69) is 21.1 Å². The van der Waals surface area contributed by atoms with Crippen LogP contribution in [0.1, 0.15) is 24.8 Å². The first-order chi connectivity index (χ1) is 12.8. The molecule has 1 aliphatic rings. The minimum Gasteiger partial charge on any atom is -0.341 e. The molecule has 0 unspecified atom stereocenters. The van der Waals surface area contributed by atoms with Gasteiger partial charge in [-0.25, -0.2) is 0 Å². The Balaban J connectivity index is 1.40. The molecule has 1 atom stereocenters. The van der Waals surface area contributed by atoms with Crippen LogP contribution in [0.25, 0.3) is 10.9 Å². The van der Waals surface area contributed by atoms with Crippen molar-refractivity contribution in [1.82, 2.24) is 24.6 Å². The third kappa shape index (κ3) is 3.74. The van der Waals surface area contributed by atoms with Crippen LogP contribution in [0.5, 0.6) is 0 Å². The van der Waals surface area contributed by atoms with E-state index in [1.165, 1.54) is 5.56 Å². The van der Waals surface area contributed by atoms with Gasteiger partial charge in [-0.3, -0.25) is 19.4 Å². The molecule has 0 aromatic carbocycles. The first kappa shape index (κ1) is 16.7. The molecule has 0 N–H and O–H groups in total. The summed E-state index contributed by atoms with van der Waals surface area (Å²) in [6.45, 7) is 2.00. The van der Waals surface area contributed by atoms with Crippen molar-refractivity contribution in [2.75, 3.05) is 13.1 Å². The van der Waals surface area contributed by atoms with Gasteiger partial charge in [-0.1, -0.05) is 0 Å². The van der Waals surface area contributed by atoms with E-state index in [4.69, 9.17) is 0 Å². The Kier molecular flexibility index (Phi) is 4.91. The Morgan fingerprint density at radius 3 is 3.00 bits per heavy atom. The van der Waals surface area contributed by atoms with E-state index in [1.54, 1.807) is 17.1 Å². The van der Waals surface area contributed by atoms with E-state index in [9.17, 15) is 4.79 Å². The normalized spacial score (nSPS) is 18.0. The van der Waals surface area contributed by atoms with Gasteiger partial charge >= 0.3 is 0 Å². The van der Waals surface area contributed by atoms with E-state index < -0.39 is 0 Å². The highest BCUT2D eigenvalue weighted by Crippen LogP contribution is 2.25. The molecular weight excluding hydrogens is 326 g/mol. The highest BCUT2D eigenvalue weighted by molar-refractivity contribution is 5.80. The number of hydrogen-bond donors (Lipinski definition) is 0. The van der Waals surface area contributed by atoms with Crippen molar-refractivity contribution >= 4 is 16.8 Å². The lowest BCUT2D eigenvalue weighted by Crippen LogP contribution is -2.34. The molecule has 3 aromatic rings. The summed E-state index contributed by atoms with van der Waals surface area (Å²) in [5.41, 5.74) is 2.31. The molecule has 4 rings (SSSR count). The first-order valence-corrected chi connectivity index (χ1v) is 9.22. The summed E-state index contributed by atoms with van der Waals surface area (Å²) in [6.07, 6.45) is 13.4. The van der Waals surface area contributed by atoms with Crippen molar-refractivity contribution in [2.45, 2.75) is 32.2 Å². The number of amides is 1. The van der Waals surface area contributed by atoms with Crippen molar-refractivity contribution in [2.24, 2.45) is 5.92 Å². The molecule has 6 nitrogen and oxygen atoms in total. The van der Waals surface area contributed by atoms with Crippen molar-refractivity contribution in [3.8, 4) is 0 Å². The lowest BCUT2D eigenvalue weighted by atomic mass is 9.92. The minimum atomic E-state index is 0.160. The second-order valence-corrected chi connectivity index (χ2v) is 6.95. The fourth-order valence-electron chi connectivity index (χ4n) is 3.78. The van der Waals surface area contributed by atoms with E-state index in [-0.39, 0.29) is 5.91 Å². The average Bonchev–Trinajstić information content (AvgIpc) is 3.06. The number of pyridine rings is 2. The zero-order valence-corrected chi connectivity index (χ0v) is 14.8. The maximum atomic E-state index is 12.5. The number of fused-ring (bicyclic) bond motifs is 1. The van der Waals surface area contributed by atoms with Gasteiger partial charge in [-0.05, 0) is 55.4 Å². The first-order valence-electron chi connectivity index (χ1n) is 9.22. The second kappa shape index (κ2) is 7.64. The Morgan fingerprint density at radius 2 is 2.12 bits per heavy atom. The van der Waals surface area contributed by atoms with Gasteiger partial charge in [-0.15, -0.1) is 0 Å². The largest absolute Gasteiger partial charge is 0.341 e. The number of hydrogen-bond acceptors (Lipinski definition) is 4. The molecule has 3 aromatic heterocycles. The SMILES string of the molecule is O=C(Cn1cccn1)N1CCC[C@@H](Cc2ccnc3ccncc23)CC1. The van der Waals surface area contributed by atoms with Gasteiger partial charge in [0, 0.05) is 49.5 Å². The summed E-state index contributed by atoms with van der Waals surface area (Å²) in [5.74, 6) is 0.747.